The third kappa shape index (κ3) is 4.18. The number of aryl methyl sites for hydroxylation is 3. The summed E-state index contributed by atoms with van der Waals surface area (Å²) in [6, 6.07) is 9.95. The summed E-state index contributed by atoms with van der Waals surface area (Å²) in [5.74, 6) is -0.0273. The van der Waals surface area contributed by atoms with E-state index in [0.717, 1.165) is 26.5 Å². The molecule has 0 unspecified atom stereocenters. The topological polar surface area (TPSA) is 69.9 Å². The van der Waals surface area contributed by atoms with Crippen LogP contribution in [-0.4, -0.2) is 27.7 Å². The average Bonchev–Trinajstić information content (AvgIpc) is 2.98. The summed E-state index contributed by atoms with van der Waals surface area (Å²) in [6.45, 7) is 8.42. The summed E-state index contributed by atoms with van der Waals surface area (Å²) >= 11 is 3.10. The normalized spacial score (nSPS) is 12.0. The van der Waals surface area contributed by atoms with Crippen molar-refractivity contribution in [3.63, 3.8) is 0 Å². The molecular weight excluding hydrogens is 388 g/mol. The van der Waals surface area contributed by atoms with Crippen LogP contribution < -0.4 is 4.90 Å². The van der Waals surface area contributed by atoms with Crippen molar-refractivity contribution in [2.75, 3.05) is 11.4 Å². The van der Waals surface area contributed by atoms with E-state index in [1.54, 1.807) is 22.6 Å². The van der Waals surface area contributed by atoms with Crippen molar-refractivity contribution in [1.29, 1.82) is 5.26 Å². The molecule has 0 aliphatic carbocycles. The maximum absolute atomic E-state index is 13.2. The van der Waals surface area contributed by atoms with Crippen LogP contribution in [0, 0.1) is 32.1 Å². The largest absolute Gasteiger partial charge is 0.310 e. The van der Waals surface area contributed by atoms with Crippen LogP contribution in [0.15, 0.2) is 35.6 Å². The monoisotopic (exact) mass is 410 g/mol. The fourth-order valence-electron chi connectivity index (χ4n) is 2.93. The Kier molecular flexibility index (Phi) is 6.32. The van der Waals surface area contributed by atoms with E-state index in [-0.39, 0.29) is 17.6 Å². The maximum Gasteiger partial charge on any atom is 0.240 e. The molecule has 1 aromatic carbocycles. The lowest BCUT2D eigenvalue weighted by Gasteiger charge is -2.25. The third-order valence-corrected chi connectivity index (χ3v) is 6.83. The van der Waals surface area contributed by atoms with Crippen molar-refractivity contribution < 1.29 is 4.79 Å². The van der Waals surface area contributed by atoms with Crippen molar-refractivity contribution >= 4 is 44.9 Å². The molecule has 144 valence electrons. The van der Waals surface area contributed by atoms with Gasteiger partial charge in [-0.25, -0.2) is 9.97 Å². The van der Waals surface area contributed by atoms with Gasteiger partial charge < -0.3 is 4.90 Å². The predicted octanol–water partition coefficient (Wildman–Crippen LogP) is 5.04. The molecule has 3 aromatic rings. The van der Waals surface area contributed by atoms with Gasteiger partial charge in [-0.1, -0.05) is 29.5 Å². The second-order valence-electron chi connectivity index (χ2n) is 6.64. The van der Waals surface area contributed by atoms with Crippen LogP contribution >= 0.6 is 23.1 Å². The van der Waals surface area contributed by atoms with Crippen LogP contribution in [0.2, 0.25) is 0 Å². The van der Waals surface area contributed by atoms with E-state index < -0.39 is 0 Å². The van der Waals surface area contributed by atoms with Crippen molar-refractivity contribution in [1.82, 2.24) is 9.97 Å². The molecule has 0 saturated heterocycles. The lowest BCUT2D eigenvalue weighted by Crippen LogP contribution is -2.37. The number of anilines is 1. The third-order valence-electron chi connectivity index (χ3n) is 4.63. The van der Waals surface area contributed by atoms with Crippen LogP contribution in [0.25, 0.3) is 10.2 Å². The number of hydrogen-bond donors (Lipinski definition) is 0. The molecule has 0 saturated carbocycles. The Bertz CT molecular complexity index is 1040. The second-order valence-corrected chi connectivity index (χ2v) is 9.17. The Labute approximate surface area is 173 Å². The number of thiophene rings is 1. The number of carbonyl (C=O) groups excluding carboxylic acids is 1. The molecule has 0 N–H and O–H groups in total. The van der Waals surface area contributed by atoms with Crippen LogP contribution in [0.5, 0.6) is 0 Å². The predicted molar refractivity (Wildman–Crippen MR) is 116 cm³/mol. The van der Waals surface area contributed by atoms with E-state index in [4.69, 9.17) is 5.26 Å². The number of hydrogen-bond acceptors (Lipinski definition) is 6. The molecule has 2 heterocycles. The van der Waals surface area contributed by atoms with Crippen molar-refractivity contribution in [3.05, 3.63) is 46.6 Å². The zero-order valence-electron chi connectivity index (χ0n) is 16.4. The van der Waals surface area contributed by atoms with Gasteiger partial charge in [0.05, 0.1) is 17.7 Å². The number of nitrogens with zero attached hydrogens (tertiary/aromatic N) is 4. The van der Waals surface area contributed by atoms with E-state index in [9.17, 15) is 4.79 Å². The molecule has 0 aliphatic heterocycles. The summed E-state index contributed by atoms with van der Waals surface area (Å²) in [6.07, 6.45) is 1.85. The Balaban J connectivity index is 1.87. The number of fused-ring (bicyclic) bond motifs is 1. The standard InChI is InChI=1S/C21H22N4OS2/c1-13-6-8-17(9-7-13)25(11-5-10-22)21(26)16(4)28-20-18-14(2)15(3)27-19(18)23-12-24-20/h6-9,12,16H,5,11H2,1-4H3/t16-/m0/s1. The second kappa shape index (κ2) is 8.72. The minimum Gasteiger partial charge on any atom is -0.310 e. The van der Waals surface area contributed by atoms with Gasteiger partial charge in [0, 0.05) is 22.5 Å². The van der Waals surface area contributed by atoms with Gasteiger partial charge in [0.15, 0.2) is 0 Å². The summed E-state index contributed by atoms with van der Waals surface area (Å²) in [4.78, 5) is 25.9. The average molecular weight is 411 g/mol. The zero-order chi connectivity index (χ0) is 20.3. The molecule has 0 spiro atoms. The Hall–Kier alpha value is -2.43. The first kappa shape index (κ1) is 20.3. The van der Waals surface area contributed by atoms with Crippen LogP contribution in [0.1, 0.15) is 29.3 Å². The minimum absolute atomic E-state index is 0.0273. The van der Waals surface area contributed by atoms with E-state index in [2.05, 4.69) is 29.9 Å². The van der Waals surface area contributed by atoms with Gasteiger partial charge in [0.2, 0.25) is 5.91 Å². The fourth-order valence-corrected chi connectivity index (χ4v) is 5.03. The summed E-state index contributed by atoms with van der Waals surface area (Å²) in [7, 11) is 0. The molecule has 1 amide bonds. The molecule has 0 fully saturated rings. The van der Waals surface area contributed by atoms with Gasteiger partial charge in [-0.2, -0.15) is 5.26 Å². The maximum atomic E-state index is 13.2. The Morgan fingerprint density at radius 2 is 1.96 bits per heavy atom. The van der Waals surface area contributed by atoms with Gasteiger partial charge in [-0.05, 0) is 45.4 Å². The first-order valence-corrected chi connectivity index (χ1v) is 10.7. The molecule has 3 rings (SSSR count). The number of rotatable bonds is 6. The molecule has 5 nitrogen and oxygen atoms in total. The first-order chi connectivity index (χ1) is 13.4. The Morgan fingerprint density at radius 3 is 2.64 bits per heavy atom. The van der Waals surface area contributed by atoms with E-state index in [1.165, 1.54) is 22.2 Å². The SMILES string of the molecule is Cc1ccc(N(CCC#N)C(=O)[C@H](C)Sc2ncnc3sc(C)c(C)c23)cc1. The smallest absolute Gasteiger partial charge is 0.240 e. The fraction of sp³-hybridized carbons (Fsp3) is 0.333. The highest BCUT2D eigenvalue weighted by Gasteiger charge is 2.25. The number of nitriles is 1. The van der Waals surface area contributed by atoms with Gasteiger partial charge in [0.25, 0.3) is 0 Å². The molecule has 0 radical (unpaired) electrons. The summed E-state index contributed by atoms with van der Waals surface area (Å²) in [5, 5.41) is 10.5. The van der Waals surface area contributed by atoms with Crippen LogP contribution in [0.4, 0.5) is 5.69 Å². The molecular formula is C21H22N4OS2. The lowest BCUT2D eigenvalue weighted by molar-refractivity contribution is -0.117. The molecule has 1 atom stereocenters. The van der Waals surface area contributed by atoms with Gasteiger partial charge in [-0.3, -0.25) is 4.79 Å². The highest BCUT2D eigenvalue weighted by Crippen LogP contribution is 2.36. The molecule has 28 heavy (non-hydrogen) atoms. The number of benzene rings is 1. The van der Waals surface area contributed by atoms with Crippen LogP contribution in [0.3, 0.4) is 0 Å². The number of amides is 1. The van der Waals surface area contributed by atoms with Crippen molar-refractivity contribution in [3.8, 4) is 6.07 Å². The van der Waals surface area contributed by atoms with Gasteiger partial charge in [-0.15, -0.1) is 11.3 Å². The first-order valence-electron chi connectivity index (χ1n) is 9.04. The van der Waals surface area contributed by atoms with Gasteiger partial charge >= 0.3 is 0 Å². The molecule has 0 aliphatic rings. The molecule has 0 bridgehead atoms. The van der Waals surface area contributed by atoms with E-state index >= 15 is 0 Å². The van der Waals surface area contributed by atoms with Crippen molar-refractivity contribution in [2.24, 2.45) is 0 Å². The molecule has 2 aromatic heterocycles. The van der Waals surface area contributed by atoms with Crippen LogP contribution in [-0.2, 0) is 4.79 Å². The number of carbonyl (C=O) groups is 1. The quantitative estimate of drug-likeness (QED) is 0.420. The Morgan fingerprint density at radius 1 is 1.25 bits per heavy atom. The molecule has 7 heteroatoms. The number of thioether (sulfide) groups is 1. The van der Waals surface area contributed by atoms with Gasteiger partial charge in [0.1, 0.15) is 16.2 Å². The van der Waals surface area contributed by atoms with Crippen molar-refractivity contribution in [2.45, 2.75) is 44.4 Å². The summed E-state index contributed by atoms with van der Waals surface area (Å²) in [5.41, 5.74) is 3.11. The number of aromatic nitrogens is 2. The highest BCUT2D eigenvalue weighted by molar-refractivity contribution is 8.00. The van der Waals surface area contributed by atoms with E-state index in [1.807, 2.05) is 38.1 Å². The summed E-state index contributed by atoms with van der Waals surface area (Å²) < 4.78 is 0. The lowest BCUT2D eigenvalue weighted by atomic mass is 10.2. The minimum atomic E-state index is -0.335. The highest BCUT2D eigenvalue weighted by atomic mass is 32.2. The van der Waals surface area contributed by atoms with E-state index in [0.29, 0.717) is 6.54 Å². The zero-order valence-corrected chi connectivity index (χ0v) is 18.0.